The predicted octanol–water partition coefficient (Wildman–Crippen LogP) is 3.31. The number of halogens is 1. The summed E-state index contributed by atoms with van der Waals surface area (Å²) >= 11 is 5.87. The van der Waals surface area contributed by atoms with Gasteiger partial charge in [0.15, 0.2) is 0 Å². The van der Waals surface area contributed by atoms with Crippen molar-refractivity contribution in [2.24, 2.45) is 0 Å². The molecule has 0 aliphatic carbocycles. The Kier molecular flexibility index (Phi) is 7.32. The van der Waals surface area contributed by atoms with Crippen molar-refractivity contribution in [2.45, 2.75) is 26.8 Å². The molecule has 0 spiro atoms. The van der Waals surface area contributed by atoms with E-state index >= 15 is 0 Å². The lowest BCUT2D eigenvalue weighted by molar-refractivity contribution is -0.121. The minimum absolute atomic E-state index is 0.259. The number of aryl methyl sites for hydroxylation is 1. The van der Waals surface area contributed by atoms with Crippen molar-refractivity contribution in [2.75, 3.05) is 23.7 Å². The van der Waals surface area contributed by atoms with Gasteiger partial charge in [-0.3, -0.25) is 9.10 Å². The molecule has 1 amide bonds. The van der Waals surface area contributed by atoms with Crippen molar-refractivity contribution in [3.8, 4) is 5.75 Å². The highest BCUT2D eigenvalue weighted by molar-refractivity contribution is 7.92. The number of amides is 1. The number of carbonyl (C=O) groups is 1. The molecule has 2 aromatic carbocycles. The second kappa shape index (κ2) is 9.30. The fraction of sp³-hybridized carbons (Fsp3) is 0.350. The van der Waals surface area contributed by atoms with Crippen LogP contribution >= 0.6 is 11.6 Å². The van der Waals surface area contributed by atoms with Gasteiger partial charge in [0.05, 0.1) is 18.5 Å². The molecule has 0 aromatic heterocycles. The third-order valence-corrected chi connectivity index (χ3v) is 5.88. The van der Waals surface area contributed by atoms with Crippen molar-refractivity contribution in [3.63, 3.8) is 0 Å². The molecular weight excluding hydrogens is 400 g/mol. The maximum Gasteiger partial charge on any atom is 0.243 e. The average Bonchev–Trinajstić information content (AvgIpc) is 2.62. The lowest BCUT2D eigenvalue weighted by Crippen LogP contribution is -2.48. The Bertz CT molecular complexity index is 930. The first kappa shape index (κ1) is 22.0. The zero-order valence-electron chi connectivity index (χ0n) is 16.4. The molecule has 0 radical (unpaired) electrons. The van der Waals surface area contributed by atoms with Gasteiger partial charge in [0.1, 0.15) is 18.4 Å². The zero-order valence-corrected chi connectivity index (χ0v) is 18.0. The van der Waals surface area contributed by atoms with Crippen LogP contribution in [-0.2, 0) is 14.8 Å². The number of anilines is 1. The van der Waals surface area contributed by atoms with E-state index in [9.17, 15) is 13.2 Å². The number of nitrogens with zero attached hydrogens (tertiary/aromatic N) is 1. The number of rotatable bonds is 8. The Hall–Kier alpha value is -2.25. The molecular formula is C20H25ClN2O4S. The van der Waals surface area contributed by atoms with Crippen molar-refractivity contribution in [1.82, 2.24) is 5.32 Å². The van der Waals surface area contributed by atoms with E-state index in [4.69, 9.17) is 16.3 Å². The summed E-state index contributed by atoms with van der Waals surface area (Å²) < 4.78 is 31.3. The third-order valence-electron chi connectivity index (χ3n) is 4.38. The largest absolute Gasteiger partial charge is 0.491 e. The lowest BCUT2D eigenvalue weighted by Gasteiger charge is -2.28. The Labute approximate surface area is 171 Å². The van der Waals surface area contributed by atoms with Crippen LogP contribution in [-0.4, -0.2) is 39.8 Å². The maximum absolute atomic E-state index is 12.5. The van der Waals surface area contributed by atoms with Gasteiger partial charge in [0, 0.05) is 5.02 Å². The first-order valence-electron chi connectivity index (χ1n) is 8.83. The van der Waals surface area contributed by atoms with Crippen LogP contribution in [0.1, 0.15) is 18.1 Å². The number of hydrogen-bond donors (Lipinski definition) is 1. The zero-order chi connectivity index (χ0) is 20.9. The first-order valence-corrected chi connectivity index (χ1v) is 11.1. The van der Waals surface area contributed by atoms with Crippen molar-refractivity contribution in [3.05, 3.63) is 58.6 Å². The van der Waals surface area contributed by atoms with E-state index in [2.05, 4.69) is 5.32 Å². The highest BCUT2D eigenvalue weighted by Gasteiger charge is 2.28. The average molecular weight is 425 g/mol. The van der Waals surface area contributed by atoms with Crippen LogP contribution in [0, 0.1) is 13.8 Å². The van der Waals surface area contributed by atoms with Gasteiger partial charge in [-0.05, 0) is 62.2 Å². The van der Waals surface area contributed by atoms with E-state index in [1.807, 2.05) is 32.0 Å². The second-order valence-corrected chi connectivity index (χ2v) is 8.84. The molecule has 0 fully saturated rings. The summed E-state index contributed by atoms with van der Waals surface area (Å²) in [7, 11) is -3.66. The van der Waals surface area contributed by atoms with Crippen LogP contribution in [0.15, 0.2) is 42.5 Å². The van der Waals surface area contributed by atoms with Gasteiger partial charge >= 0.3 is 0 Å². The Morgan fingerprint density at radius 1 is 1.18 bits per heavy atom. The summed E-state index contributed by atoms with van der Waals surface area (Å²) in [5.74, 6) is 0.353. The fourth-order valence-corrected chi connectivity index (χ4v) is 4.06. The van der Waals surface area contributed by atoms with Crippen LogP contribution in [0.4, 0.5) is 5.69 Å². The lowest BCUT2D eigenvalue weighted by atomic mass is 10.1. The summed E-state index contributed by atoms with van der Waals surface area (Å²) in [6, 6.07) is 11.2. The molecule has 0 saturated heterocycles. The fourth-order valence-electron chi connectivity index (χ4n) is 2.76. The second-order valence-electron chi connectivity index (χ2n) is 6.55. The van der Waals surface area contributed by atoms with Crippen LogP contribution in [0.25, 0.3) is 0 Å². The van der Waals surface area contributed by atoms with E-state index in [-0.39, 0.29) is 13.2 Å². The van der Waals surface area contributed by atoms with E-state index in [1.54, 1.807) is 24.3 Å². The number of ether oxygens (including phenoxy) is 1. The Balaban J connectivity index is 1.99. The van der Waals surface area contributed by atoms with E-state index < -0.39 is 22.0 Å². The molecule has 0 aliphatic rings. The summed E-state index contributed by atoms with van der Waals surface area (Å²) in [4.78, 5) is 12.5. The van der Waals surface area contributed by atoms with Crippen LogP contribution in [0.5, 0.6) is 5.75 Å². The minimum Gasteiger partial charge on any atom is -0.491 e. The molecule has 1 unspecified atom stereocenters. The molecule has 0 saturated carbocycles. The van der Waals surface area contributed by atoms with Crippen molar-refractivity contribution >= 4 is 33.2 Å². The number of sulfonamides is 1. The molecule has 0 aliphatic heterocycles. The predicted molar refractivity (Wildman–Crippen MR) is 113 cm³/mol. The van der Waals surface area contributed by atoms with Gasteiger partial charge in [-0.15, -0.1) is 0 Å². The highest BCUT2D eigenvalue weighted by Crippen LogP contribution is 2.23. The van der Waals surface area contributed by atoms with E-state index in [0.29, 0.717) is 10.7 Å². The van der Waals surface area contributed by atoms with Crippen molar-refractivity contribution in [1.29, 1.82) is 0 Å². The SMILES string of the molecule is Cc1cccc(OCCNC(=O)C(C)N(c2ccc(Cl)cc2)S(C)(=O)=O)c1C. The van der Waals surface area contributed by atoms with Gasteiger partial charge < -0.3 is 10.1 Å². The Morgan fingerprint density at radius 2 is 1.82 bits per heavy atom. The number of hydrogen-bond acceptors (Lipinski definition) is 4. The molecule has 6 nitrogen and oxygen atoms in total. The molecule has 152 valence electrons. The van der Waals surface area contributed by atoms with Gasteiger partial charge in [-0.25, -0.2) is 8.42 Å². The molecule has 28 heavy (non-hydrogen) atoms. The molecule has 2 aromatic rings. The van der Waals surface area contributed by atoms with E-state index in [0.717, 1.165) is 27.4 Å². The van der Waals surface area contributed by atoms with Crippen LogP contribution in [0.3, 0.4) is 0 Å². The van der Waals surface area contributed by atoms with Crippen LogP contribution in [0.2, 0.25) is 5.02 Å². The van der Waals surface area contributed by atoms with E-state index in [1.165, 1.54) is 6.92 Å². The molecule has 8 heteroatoms. The third kappa shape index (κ3) is 5.62. The molecule has 1 N–H and O–H groups in total. The van der Waals surface area contributed by atoms with Gasteiger partial charge in [-0.2, -0.15) is 0 Å². The molecule has 2 rings (SSSR count). The number of nitrogens with one attached hydrogen (secondary N) is 1. The first-order chi connectivity index (χ1) is 13.1. The Morgan fingerprint density at radius 3 is 2.43 bits per heavy atom. The number of benzene rings is 2. The minimum atomic E-state index is -3.66. The summed E-state index contributed by atoms with van der Waals surface area (Å²) in [5.41, 5.74) is 2.55. The quantitative estimate of drug-likeness (QED) is 0.659. The molecule has 0 heterocycles. The van der Waals surface area contributed by atoms with Crippen molar-refractivity contribution < 1.29 is 17.9 Å². The summed E-state index contributed by atoms with van der Waals surface area (Å²) in [6.07, 6.45) is 1.06. The smallest absolute Gasteiger partial charge is 0.243 e. The standard InChI is InChI=1S/C20H25ClN2O4S/c1-14-6-5-7-19(15(14)2)27-13-12-22-20(24)16(3)23(28(4,25)26)18-10-8-17(21)9-11-18/h5-11,16H,12-13H2,1-4H3,(H,22,24). The molecule has 1 atom stereocenters. The normalized spacial score (nSPS) is 12.3. The maximum atomic E-state index is 12.5. The van der Waals surface area contributed by atoms with Gasteiger partial charge in [-0.1, -0.05) is 23.7 Å². The molecule has 0 bridgehead atoms. The number of carbonyl (C=O) groups excluding carboxylic acids is 1. The highest BCUT2D eigenvalue weighted by atomic mass is 35.5. The van der Waals surface area contributed by atoms with Crippen LogP contribution < -0.4 is 14.4 Å². The topological polar surface area (TPSA) is 75.7 Å². The van der Waals surface area contributed by atoms with Gasteiger partial charge in [0.25, 0.3) is 0 Å². The summed E-state index contributed by atoms with van der Waals surface area (Å²) in [5, 5.41) is 3.21. The monoisotopic (exact) mass is 424 g/mol. The summed E-state index contributed by atoms with van der Waals surface area (Å²) in [6.45, 7) is 6.05. The van der Waals surface area contributed by atoms with Gasteiger partial charge in [0.2, 0.25) is 15.9 Å².